The molecule has 1 atom stereocenters. The van der Waals surface area contributed by atoms with E-state index < -0.39 is 6.04 Å². The number of para-hydroxylation sites is 1. The molecule has 0 saturated carbocycles. The molecular weight excluding hydrogens is 344 g/mol. The van der Waals surface area contributed by atoms with Crippen molar-refractivity contribution in [1.82, 2.24) is 0 Å². The Morgan fingerprint density at radius 1 is 1.14 bits per heavy atom. The van der Waals surface area contributed by atoms with E-state index in [-0.39, 0.29) is 18.2 Å². The standard InChI is InChI=1S/C17H15BrN2O2/c1-11-5-4-6-12(9-11)19-14-10-16(21)20(17(14)22)15-8-3-2-7-13(15)18/h2-9,14,19H,10H2,1H3. The lowest BCUT2D eigenvalue weighted by atomic mass is 10.2. The zero-order chi connectivity index (χ0) is 15.7. The number of carbonyl (C=O) groups is 2. The molecule has 1 fully saturated rings. The number of amides is 2. The van der Waals surface area contributed by atoms with Gasteiger partial charge in [0, 0.05) is 10.2 Å². The number of hydrogen-bond acceptors (Lipinski definition) is 3. The molecule has 0 bridgehead atoms. The summed E-state index contributed by atoms with van der Waals surface area (Å²) in [5, 5.41) is 3.15. The van der Waals surface area contributed by atoms with Gasteiger partial charge < -0.3 is 5.32 Å². The molecule has 4 nitrogen and oxygen atoms in total. The SMILES string of the molecule is Cc1cccc(NC2CC(=O)N(c3ccccc3Br)C2=O)c1. The van der Waals surface area contributed by atoms with Gasteiger partial charge in [0.1, 0.15) is 6.04 Å². The summed E-state index contributed by atoms with van der Waals surface area (Å²) in [6.45, 7) is 1.99. The number of hydrogen-bond donors (Lipinski definition) is 1. The summed E-state index contributed by atoms with van der Waals surface area (Å²) in [6.07, 6.45) is 0.161. The van der Waals surface area contributed by atoms with E-state index in [9.17, 15) is 9.59 Å². The van der Waals surface area contributed by atoms with Crippen LogP contribution < -0.4 is 10.2 Å². The molecular formula is C17H15BrN2O2. The summed E-state index contributed by atoms with van der Waals surface area (Å²) in [4.78, 5) is 26.1. The molecule has 0 radical (unpaired) electrons. The van der Waals surface area contributed by atoms with Crippen molar-refractivity contribution in [2.24, 2.45) is 0 Å². The molecule has 1 aliphatic heterocycles. The Hall–Kier alpha value is -2.14. The highest BCUT2D eigenvalue weighted by molar-refractivity contribution is 9.10. The molecule has 2 aromatic rings. The molecule has 5 heteroatoms. The number of imide groups is 1. The molecule has 1 aliphatic rings. The summed E-state index contributed by atoms with van der Waals surface area (Å²) < 4.78 is 0.730. The smallest absolute Gasteiger partial charge is 0.256 e. The fraction of sp³-hybridized carbons (Fsp3) is 0.176. The van der Waals surface area contributed by atoms with Gasteiger partial charge in [0.25, 0.3) is 5.91 Å². The third-order valence-electron chi connectivity index (χ3n) is 3.60. The lowest BCUT2D eigenvalue weighted by Crippen LogP contribution is -2.35. The Balaban J connectivity index is 1.84. The summed E-state index contributed by atoms with van der Waals surface area (Å²) in [7, 11) is 0. The third kappa shape index (κ3) is 2.76. The fourth-order valence-electron chi connectivity index (χ4n) is 2.57. The van der Waals surface area contributed by atoms with Gasteiger partial charge in [-0.1, -0.05) is 24.3 Å². The van der Waals surface area contributed by atoms with Gasteiger partial charge in [-0.15, -0.1) is 0 Å². The second kappa shape index (κ2) is 5.93. The normalized spacial score (nSPS) is 17.9. The van der Waals surface area contributed by atoms with Crippen LogP contribution >= 0.6 is 15.9 Å². The number of aryl methyl sites for hydroxylation is 1. The van der Waals surface area contributed by atoms with Crippen molar-refractivity contribution in [2.45, 2.75) is 19.4 Å². The summed E-state index contributed by atoms with van der Waals surface area (Å²) in [5.74, 6) is -0.416. The van der Waals surface area contributed by atoms with Crippen LogP contribution in [-0.2, 0) is 9.59 Å². The Labute approximate surface area is 137 Å². The van der Waals surface area contributed by atoms with Gasteiger partial charge in [0.15, 0.2) is 0 Å². The molecule has 22 heavy (non-hydrogen) atoms. The molecule has 0 spiro atoms. The highest BCUT2D eigenvalue weighted by Gasteiger charge is 2.40. The molecule has 2 amide bonds. The maximum atomic E-state index is 12.6. The van der Waals surface area contributed by atoms with Crippen LogP contribution in [0.15, 0.2) is 53.0 Å². The van der Waals surface area contributed by atoms with Crippen LogP contribution in [0.5, 0.6) is 0 Å². The number of carbonyl (C=O) groups excluding carboxylic acids is 2. The quantitative estimate of drug-likeness (QED) is 0.854. The zero-order valence-electron chi connectivity index (χ0n) is 12.0. The van der Waals surface area contributed by atoms with Crippen molar-refractivity contribution in [1.29, 1.82) is 0 Å². The van der Waals surface area contributed by atoms with Crippen molar-refractivity contribution in [3.05, 3.63) is 58.6 Å². The average Bonchev–Trinajstić information content (AvgIpc) is 2.74. The van der Waals surface area contributed by atoms with Gasteiger partial charge in [-0.05, 0) is 52.7 Å². The number of benzene rings is 2. The largest absolute Gasteiger partial charge is 0.373 e. The molecule has 0 aliphatic carbocycles. The molecule has 112 valence electrons. The predicted octanol–water partition coefficient (Wildman–Crippen LogP) is 3.50. The summed E-state index contributed by atoms with van der Waals surface area (Å²) >= 11 is 3.39. The number of nitrogens with zero attached hydrogens (tertiary/aromatic N) is 1. The predicted molar refractivity (Wildman–Crippen MR) is 89.8 cm³/mol. The average molecular weight is 359 g/mol. The van der Waals surface area contributed by atoms with Crippen LogP contribution in [0.2, 0.25) is 0 Å². The van der Waals surface area contributed by atoms with E-state index in [0.717, 1.165) is 15.7 Å². The maximum Gasteiger partial charge on any atom is 0.256 e. The first-order valence-corrected chi connectivity index (χ1v) is 7.80. The third-order valence-corrected chi connectivity index (χ3v) is 4.27. The lowest BCUT2D eigenvalue weighted by Gasteiger charge is -2.17. The van der Waals surface area contributed by atoms with E-state index in [2.05, 4.69) is 21.2 Å². The van der Waals surface area contributed by atoms with Gasteiger partial charge in [0.2, 0.25) is 5.91 Å². The van der Waals surface area contributed by atoms with Crippen molar-refractivity contribution < 1.29 is 9.59 Å². The van der Waals surface area contributed by atoms with Crippen LogP contribution in [0.3, 0.4) is 0 Å². The lowest BCUT2D eigenvalue weighted by molar-refractivity contribution is -0.121. The molecule has 1 unspecified atom stereocenters. The van der Waals surface area contributed by atoms with Crippen LogP contribution in [0.1, 0.15) is 12.0 Å². The minimum Gasteiger partial charge on any atom is -0.373 e. The Bertz CT molecular complexity index is 745. The van der Waals surface area contributed by atoms with E-state index in [1.165, 1.54) is 4.90 Å². The summed E-state index contributed by atoms with van der Waals surface area (Å²) in [5.41, 5.74) is 2.54. The van der Waals surface area contributed by atoms with Crippen LogP contribution in [-0.4, -0.2) is 17.9 Å². The first-order valence-electron chi connectivity index (χ1n) is 7.01. The molecule has 2 aromatic carbocycles. The number of anilines is 2. The van der Waals surface area contributed by atoms with E-state index in [4.69, 9.17) is 0 Å². The monoisotopic (exact) mass is 358 g/mol. The fourth-order valence-corrected chi connectivity index (χ4v) is 3.03. The van der Waals surface area contributed by atoms with Crippen molar-refractivity contribution in [3.8, 4) is 0 Å². The second-order valence-electron chi connectivity index (χ2n) is 5.29. The number of halogens is 1. The molecule has 1 saturated heterocycles. The van der Waals surface area contributed by atoms with Crippen LogP contribution in [0.25, 0.3) is 0 Å². The topological polar surface area (TPSA) is 49.4 Å². The molecule has 1 heterocycles. The molecule has 3 rings (SSSR count). The zero-order valence-corrected chi connectivity index (χ0v) is 13.6. The van der Waals surface area contributed by atoms with Crippen molar-refractivity contribution in [3.63, 3.8) is 0 Å². The first kappa shape index (κ1) is 14.8. The Kier molecular flexibility index (Phi) is 3.98. The molecule has 1 N–H and O–H groups in total. The maximum absolute atomic E-state index is 12.6. The van der Waals surface area contributed by atoms with Crippen molar-refractivity contribution in [2.75, 3.05) is 10.2 Å². The second-order valence-corrected chi connectivity index (χ2v) is 6.14. The van der Waals surface area contributed by atoms with E-state index in [1.807, 2.05) is 49.4 Å². The number of nitrogens with one attached hydrogen (secondary N) is 1. The van der Waals surface area contributed by atoms with E-state index >= 15 is 0 Å². The first-order chi connectivity index (χ1) is 10.6. The molecule has 0 aromatic heterocycles. The van der Waals surface area contributed by atoms with Crippen LogP contribution in [0.4, 0.5) is 11.4 Å². The van der Waals surface area contributed by atoms with Gasteiger partial charge >= 0.3 is 0 Å². The van der Waals surface area contributed by atoms with E-state index in [0.29, 0.717) is 5.69 Å². The minimum atomic E-state index is -0.526. The van der Waals surface area contributed by atoms with Gasteiger partial charge in [0.05, 0.1) is 12.1 Å². The highest BCUT2D eigenvalue weighted by Crippen LogP contribution is 2.31. The number of rotatable bonds is 3. The van der Waals surface area contributed by atoms with Gasteiger partial charge in [-0.2, -0.15) is 0 Å². The Morgan fingerprint density at radius 2 is 1.91 bits per heavy atom. The highest BCUT2D eigenvalue weighted by atomic mass is 79.9. The van der Waals surface area contributed by atoms with Gasteiger partial charge in [-0.3, -0.25) is 9.59 Å². The van der Waals surface area contributed by atoms with Gasteiger partial charge in [-0.25, -0.2) is 4.90 Å². The van der Waals surface area contributed by atoms with Crippen LogP contribution in [0, 0.1) is 6.92 Å². The van der Waals surface area contributed by atoms with E-state index in [1.54, 1.807) is 6.07 Å². The minimum absolute atomic E-state index is 0.161. The Morgan fingerprint density at radius 3 is 2.64 bits per heavy atom. The summed E-state index contributed by atoms with van der Waals surface area (Å²) in [6, 6.07) is 14.5. The van der Waals surface area contributed by atoms with Crippen molar-refractivity contribution >= 4 is 39.1 Å².